The summed E-state index contributed by atoms with van der Waals surface area (Å²) in [6.45, 7) is 20.9. The predicted molar refractivity (Wildman–Crippen MR) is 127 cm³/mol. The van der Waals surface area contributed by atoms with Crippen molar-refractivity contribution in [2.75, 3.05) is 120 Å². The smallest absolute Gasteiger partial charge is 0.0593 e. The Bertz CT molecular complexity index is 382. The first kappa shape index (κ1) is 29.7. The van der Waals surface area contributed by atoms with E-state index in [4.69, 9.17) is 28.4 Å². The van der Waals surface area contributed by atoms with Crippen LogP contribution in [0.5, 0.6) is 0 Å². The van der Waals surface area contributed by atoms with Crippen LogP contribution in [0.25, 0.3) is 0 Å². The van der Waals surface area contributed by atoms with Crippen LogP contribution in [0.3, 0.4) is 0 Å². The second-order valence-electron chi connectivity index (χ2n) is 10.2. The van der Waals surface area contributed by atoms with Crippen LogP contribution in [0.4, 0.5) is 0 Å². The van der Waals surface area contributed by atoms with Crippen LogP contribution >= 0.6 is 0 Å². The summed E-state index contributed by atoms with van der Waals surface area (Å²) in [5.41, 5.74) is -0.0410. The zero-order chi connectivity index (χ0) is 23.7. The molecule has 0 aliphatic carbocycles. The predicted octanol–water partition coefficient (Wildman–Crippen LogP) is 2.02. The van der Waals surface area contributed by atoms with Gasteiger partial charge in [-0.3, -0.25) is 9.80 Å². The zero-order valence-corrected chi connectivity index (χ0v) is 21.7. The molecule has 1 saturated heterocycles. The maximum Gasteiger partial charge on any atom is 0.0593 e. The molecule has 32 heavy (non-hydrogen) atoms. The summed E-state index contributed by atoms with van der Waals surface area (Å²) >= 11 is 0. The fourth-order valence-corrected chi connectivity index (χ4v) is 3.36. The largest absolute Gasteiger partial charge is 0.383 e. The van der Waals surface area contributed by atoms with Crippen LogP contribution in [0.15, 0.2) is 0 Å². The molecule has 0 aromatic rings. The molecule has 0 radical (unpaired) electrons. The summed E-state index contributed by atoms with van der Waals surface area (Å²) in [7, 11) is 3.48. The van der Waals surface area contributed by atoms with Crippen molar-refractivity contribution >= 4 is 0 Å². The van der Waals surface area contributed by atoms with Gasteiger partial charge in [0.1, 0.15) is 0 Å². The Morgan fingerprint density at radius 1 is 0.562 bits per heavy atom. The minimum atomic E-state index is -0.0205. The van der Waals surface area contributed by atoms with Crippen molar-refractivity contribution in [2.24, 2.45) is 10.8 Å². The molecule has 1 aliphatic rings. The van der Waals surface area contributed by atoms with E-state index in [2.05, 4.69) is 37.5 Å². The van der Waals surface area contributed by atoms with Crippen molar-refractivity contribution in [1.82, 2.24) is 9.80 Å². The highest BCUT2D eigenvalue weighted by Crippen LogP contribution is 2.17. The maximum atomic E-state index is 6.00. The van der Waals surface area contributed by atoms with Crippen LogP contribution in [-0.4, -0.2) is 129 Å². The van der Waals surface area contributed by atoms with E-state index in [1.807, 2.05) is 0 Å². The van der Waals surface area contributed by atoms with Gasteiger partial charge >= 0.3 is 0 Å². The lowest BCUT2D eigenvalue weighted by atomic mass is 9.96. The Hall–Kier alpha value is -0.320. The molecule has 0 aromatic heterocycles. The number of nitrogens with zero attached hydrogens (tertiary/aromatic N) is 2. The van der Waals surface area contributed by atoms with Crippen LogP contribution in [0.1, 0.15) is 27.7 Å². The first-order chi connectivity index (χ1) is 15.3. The molecule has 0 spiro atoms. The van der Waals surface area contributed by atoms with E-state index in [1.165, 1.54) is 0 Å². The van der Waals surface area contributed by atoms with Crippen LogP contribution < -0.4 is 0 Å². The van der Waals surface area contributed by atoms with E-state index in [9.17, 15) is 0 Å². The third kappa shape index (κ3) is 15.5. The summed E-state index contributed by atoms with van der Waals surface area (Å²) in [5.74, 6) is 0. The van der Waals surface area contributed by atoms with Crippen molar-refractivity contribution < 1.29 is 28.4 Å². The van der Waals surface area contributed by atoms with Gasteiger partial charge in [0.15, 0.2) is 0 Å². The lowest BCUT2D eigenvalue weighted by molar-refractivity contribution is -0.0311. The van der Waals surface area contributed by atoms with Gasteiger partial charge in [0, 0.05) is 64.3 Å². The van der Waals surface area contributed by atoms with E-state index in [0.717, 1.165) is 39.3 Å². The fourth-order valence-electron chi connectivity index (χ4n) is 3.36. The topological polar surface area (TPSA) is 61.9 Å². The Balaban J connectivity index is 2.62. The van der Waals surface area contributed by atoms with E-state index >= 15 is 0 Å². The van der Waals surface area contributed by atoms with Gasteiger partial charge in [-0.05, 0) is 0 Å². The molecule has 8 heteroatoms. The van der Waals surface area contributed by atoms with Crippen LogP contribution in [0.2, 0.25) is 0 Å². The number of ether oxygens (including phenoxy) is 6. The molecule has 0 N–H and O–H groups in total. The SMILES string of the molecule is COCCN1CCOCC(C)(C)COCCN(CCOC)CCOCC(C)(C)COCC1. The maximum absolute atomic E-state index is 6.00. The first-order valence-electron chi connectivity index (χ1n) is 12.0. The molecule has 0 atom stereocenters. The van der Waals surface area contributed by atoms with E-state index in [0.29, 0.717) is 66.1 Å². The molecule has 0 unspecified atom stereocenters. The minimum Gasteiger partial charge on any atom is -0.383 e. The van der Waals surface area contributed by atoms with Crippen molar-refractivity contribution in [3.63, 3.8) is 0 Å². The lowest BCUT2D eigenvalue weighted by Crippen LogP contribution is -2.37. The standard InChI is InChI=1S/C24H50N2O6/c1-23(2)19-29-15-9-25(7-13-27-5)11-17-31-21-24(3,4)22-32-18-12-26(8-14-28-6)10-16-30-20-23/h7-22H2,1-6H3. The first-order valence-corrected chi connectivity index (χ1v) is 12.0. The molecule has 192 valence electrons. The average molecular weight is 463 g/mol. The quantitative estimate of drug-likeness (QED) is 0.594. The Labute approximate surface area is 196 Å². The minimum absolute atomic E-state index is 0.0205. The van der Waals surface area contributed by atoms with Crippen molar-refractivity contribution in [3.8, 4) is 0 Å². The molecule has 1 fully saturated rings. The molecule has 8 nitrogen and oxygen atoms in total. The third-order valence-corrected chi connectivity index (χ3v) is 5.40. The van der Waals surface area contributed by atoms with Crippen molar-refractivity contribution in [1.29, 1.82) is 0 Å². The highest BCUT2D eigenvalue weighted by Gasteiger charge is 2.21. The zero-order valence-electron chi connectivity index (χ0n) is 21.7. The van der Waals surface area contributed by atoms with Gasteiger partial charge < -0.3 is 28.4 Å². The normalized spacial score (nSPS) is 24.2. The van der Waals surface area contributed by atoms with Gasteiger partial charge in [-0.25, -0.2) is 0 Å². The summed E-state index contributed by atoms with van der Waals surface area (Å²) in [6, 6.07) is 0. The molecule has 0 amide bonds. The Morgan fingerprint density at radius 3 is 1.09 bits per heavy atom. The molecule has 0 aromatic carbocycles. The Kier molecular flexibility index (Phi) is 15.9. The van der Waals surface area contributed by atoms with Gasteiger partial charge in [0.25, 0.3) is 0 Å². The van der Waals surface area contributed by atoms with Gasteiger partial charge in [0.05, 0.1) is 66.1 Å². The molecular formula is C24H50N2O6. The molecule has 1 aliphatic heterocycles. The summed E-state index contributed by atoms with van der Waals surface area (Å²) < 4.78 is 34.5. The highest BCUT2D eigenvalue weighted by atomic mass is 16.5. The van der Waals surface area contributed by atoms with Gasteiger partial charge in [-0.1, -0.05) is 27.7 Å². The monoisotopic (exact) mass is 462 g/mol. The molecular weight excluding hydrogens is 412 g/mol. The molecule has 0 bridgehead atoms. The molecule has 1 heterocycles. The second-order valence-corrected chi connectivity index (χ2v) is 10.2. The summed E-state index contributed by atoms with van der Waals surface area (Å²) in [5, 5.41) is 0. The van der Waals surface area contributed by atoms with E-state index < -0.39 is 0 Å². The fraction of sp³-hybridized carbons (Fsp3) is 1.00. The molecule has 0 saturated carbocycles. The summed E-state index contributed by atoms with van der Waals surface area (Å²) in [4.78, 5) is 4.67. The lowest BCUT2D eigenvalue weighted by Gasteiger charge is -2.29. The number of rotatable bonds is 6. The van der Waals surface area contributed by atoms with Crippen LogP contribution in [0, 0.1) is 10.8 Å². The number of methoxy groups -OCH3 is 2. The van der Waals surface area contributed by atoms with Gasteiger partial charge in [-0.15, -0.1) is 0 Å². The summed E-state index contributed by atoms with van der Waals surface area (Å²) in [6.07, 6.45) is 0. The Morgan fingerprint density at radius 2 is 0.844 bits per heavy atom. The van der Waals surface area contributed by atoms with Crippen LogP contribution in [-0.2, 0) is 28.4 Å². The highest BCUT2D eigenvalue weighted by molar-refractivity contribution is 4.70. The number of hydrogen-bond acceptors (Lipinski definition) is 8. The average Bonchev–Trinajstić information content (AvgIpc) is 2.74. The number of hydrogen-bond donors (Lipinski definition) is 0. The van der Waals surface area contributed by atoms with Gasteiger partial charge in [-0.2, -0.15) is 0 Å². The van der Waals surface area contributed by atoms with Gasteiger partial charge in [0.2, 0.25) is 0 Å². The van der Waals surface area contributed by atoms with Crippen molar-refractivity contribution in [2.45, 2.75) is 27.7 Å². The van der Waals surface area contributed by atoms with E-state index in [-0.39, 0.29) is 10.8 Å². The van der Waals surface area contributed by atoms with E-state index in [1.54, 1.807) is 14.2 Å². The third-order valence-electron chi connectivity index (χ3n) is 5.40. The molecule has 1 rings (SSSR count). The van der Waals surface area contributed by atoms with Crippen molar-refractivity contribution in [3.05, 3.63) is 0 Å². The second kappa shape index (κ2) is 17.2.